The van der Waals surface area contributed by atoms with E-state index in [1.54, 1.807) is 25.3 Å². The van der Waals surface area contributed by atoms with Crippen molar-refractivity contribution >= 4 is 22.6 Å². The number of aromatic amines is 1. The van der Waals surface area contributed by atoms with E-state index in [1.807, 2.05) is 24.3 Å². The number of benzene rings is 2. The lowest BCUT2D eigenvalue weighted by atomic mass is 10.0. The van der Waals surface area contributed by atoms with Crippen LogP contribution in [0.1, 0.15) is 35.4 Å². The molecule has 1 fully saturated rings. The minimum absolute atomic E-state index is 0.0751. The first-order valence-electron chi connectivity index (χ1n) is 9.51. The quantitative estimate of drug-likeness (QED) is 0.681. The highest BCUT2D eigenvalue weighted by Gasteiger charge is 2.22. The van der Waals surface area contributed by atoms with Crippen LogP contribution in [0.2, 0.25) is 0 Å². The third-order valence-corrected chi connectivity index (χ3v) is 5.24. The molecule has 3 aromatic rings. The highest BCUT2D eigenvalue weighted by molar-refractivity contribution is 5.97. The van der Waals surface area contributed by atoms with Gasteiger partial charge in [0.15, 0.2) is 5.82 Å². The molecule has 1 aliphatic heterocycles. The zero-order valence-corrected chi connectivity index (χ0v) is 16.0. The van der Waals surface area contributed by atoms with Crippen LogP contribution in [0.3, 0.4) is 0 Å². The summed E-state index contributed by atoms with van der Waals surface area (Å²) in [7, 11) is 1.64. The van der Waals surface area contributed by atoms with Gasteiger partial charge < -0.3 is 19.9 Å². The van der Waals surface area contributed by atoms with Gasteiger partial charge in [0.05, 0.1) is 18.1 Å². The van der Waals surface area contributed by atoms with Crippen LogP contribution < -0.4 is 15.0 Å². The zero-order chi connectivity index (χ0) is 20.4. The fourth-order valence-corrected chi connectivity index (χ4v) is 3.62. The number of carbonyl (C=O) groups excluding carboxylic acids is 1. The van der Waals surface area contributed by atoms with E-state index in [9.17, 15) is 13.6 Å². The number of anilines is 1. The largest absolute Gasteiger partial charge is 0.497 e. The molecule has 29 heavy (non-hydrogen) atoms. The number of methoxy groups -OCH3 is 1. The fraction of sp³-hybridized carbons (Fsp3) is 0.333. The molecule has 2 heterocycles. The molecule has 0 aliphatic carbocycles. The Balaban J connectivity index is 1.36. The van der Waals surface area contributed by atoms with Gasteiger partial charge in [-0.05, 0) is 55.3 Å². The van der Waals surface area contributed by atoms with Gasteiger partial charge in [0.1, 0.15) is 5.75 Å². The van der Waals surface area contributed by atoms with Crippen LogP contribution in [-0.2, 0) is 0 Å². The van der Waals surface area contributed by atoms with Crippen LogP contribution >= 0.6 is 0 Å². The highest BCUT2D eigenvalue weighted by atomic mass is 19.3. The number of piperidine rings is 1. The number of halogens is 2. The number of nitrogens with zero attached hydrogens (tertiary/aromatic N) is 2. The molecule has 2 aromatic carbocycles. The number of imidazole rings is 1. The minimum atomic E-state index is -2.67. The number of hydrogen-bond acceptors (Lipinski definition) is 4. The second kappa shape index (κ2) is 8.06. The maximum atomic E-state index is 12.8. The number of carbonyl (C=O) groups is 1. The second-order valence-electron chi connectivity index (χ2n) is 7.09. The summed E-state index contributed by atoms with van der Waals surface area (Å²) in [4.78, 5) is 21.3. The molecule has 0 bridgehead atoms. The number of rotatable bonds is 5. The normalized spacial score (nSPS) is 15.1. The van der Waals surface area contributed by atoms with E-state index in [0.29, 0.717) is 16.6 Å². The van der Waals surface area contributed by atoms with Crippen molar-refractivity contribution < 1.29 is 18.3 Å². The van der Waals surface area contributed by atoms with Crippen molar-refractivity contribution in [2.75, 3.05) is 25.1 Å². The smallest absolute Gasteiger partial charge is 0.295 e. The van der Waals surface area contributed by atoms with E-state index in [4.69, 9.17) is 4.74 Å². The Labute approximate surface area is 166 Å². The molecule has 0 radical (unpaired) electrons. The van der Waals surface area contributed by atoms with Crippen LogP contribution in [0, 0.1) is 0 Å². The van der Waals surface area contributed by atoms with Crippen LogP contribution in [0.5, 0.6) is 5.75 Å². The van der Waals surface area contributed by atoms with Gasteiger partial charge >= 0.3 is 0 Å². The molecule has 1 aliphatic rings. The zero-order valence-electron chi connectivity index (χ0n) is 16.0. The second-order valence-corrected chi connectivity index (χ2v) is 7.09. The van der Waals surface area contributed by atoms with Crippen molar-refractivity contribution in [3.63, 3.8) is 0 Å². The van der Waals surface area contributed by atoms with Crippen molar-refractivity contribution in [1.29, 1.82) is 0 Å². The van der Waals surface area contributed by atoms with Crippen molar-refractivity contribution in [2.24, 2.45) is 0 Å². The average Bonchev–Trinajstić information content (AvgIpc) is 3.18. The summed E-state index contributed by atoms with van der Waals surface area (Å²) in [6.07, 6.45) is -1.00. The first-order valence-corrected chi connectivity index (χ1v) is 9.51. The van der Waals surface area contributed by atoms with Crippen LogP contribution in [0.25, 0.3) is 11.0 Å². The van der Waals surface area contributed by atoms with Crippen molar-refractivity contribution in [3.05, 3.63) is 53.9 Å². The predicted octanol–water partition coefficient (Wildman–Crippen LogP) is 3.91. The molecule has 0 unspecified atom stereocenters. The minimum Gasteiger partial charge on any atom is -0.497 e. The Bertz CT molecular complexity index is 996. The van der Waals surface area contributed by atoms with Crippen molar-refractivity contribution in [2.45, 2.75) is 25.3 Å². The number of fused-ring (bicyclic) bond motifs is 1. The molecule has 2 N–H and O–H groups in total. The maximum absolute atomic E-state index is 12.8. The van der Waals surface area contributed by atoms with Crippen LogP contribution in [0.15, 0.2) is 42.5 Å². The van der Waals surface area contributed by atoms with E-state index >= 15 is 0 Å². The Morgan fingerprint density at radius 3 is 2.59 bits per heavy atom. The van der Waals surface area contributed by atoms with Gasteiger partial charge in [0, 0.05) is 30.4 Å². The summed E-state index contributed by atoms with van der Waals surface area (Å²) in [5.74, 6) is 0.234. The molecule has 152 valence electrons. The molecular weight excluding hydrogens is 378 g/mol. The molecule has 0 saturated carbocycles. The fourth-order valence-electron chi connectivity index (χ4n) is 3.62. The Hall–Kier alpha value is -3.16. The SMILES string of the molecule is COc1ccc(N2CCC(NC(=O)c3ccc4nc(C(F)F)[nH]c4c3)CC2)cc1. The summed E-state index contributed by atoms with van der Waals surface area (Å²) in [6.45, 7) is 1.68. The standard InChI is InChI=1S/C21H22F2N4O2/c1-29-16-5-3-15(4-6-16)27-10-8-14(9-11-27)24-21(28)13-2-7-17-18(12-13)26-20(25-17)19(22)23/h2-7,12,14,19H,8-11H2,1H3,(H,24,28)(H,25,26). The summed E-state index contributed by atoms with van der Waals surface area (Å²) >= 11 is 0. The Morgan fingerprint density at radius 1 is 1.21 bits per heavy atom. The lowest BCUT2D eigenvalue weighted by Crippen LogP contribution is -2.44. The molecule has 6 nitrogen and oxygen atoms in total. The van der Waals surface area contributed by atoms with E-state index in [-0.39, 0.29) is 17.8 Å². The average molecular weight is 400 g/mol. The first kappa shape index (κ1) is 19.2. The third kappa shape index (κ3) is 4.16. The molecule has 4 rings (SSSR count). The van der Waals surface area contributed by atoms with Gasteiger partial charge in [-0.25, -0.2) is 13.8 Å². The molecule has 1 saturated heterocycles. The lowest BCUT2D eigenvalue weighted by Gasteiger charge is -2.34. The number of amides is 1. The van der Waals surface area contributed by atoms with E-state index in [1.165, 1.54) is 0 Å². The van der Waals surface area contributed by atoms with Gasteiger partial charge in [0.25, 0.3) is 12.3 Å². The Morgan fingerprint density at radius 2 is 1.93 bits per heavy atom. The van der Waals surface area contributed by atoms with Gasteiger partial charge in [-0.1, -0.05) is 0 Å². The molecule has 1 aromatic heterocycles. The molecule has 1 amide bonds. The number of ether oxygens (including phenoxy) is 1. The monoisotopic (exact) mass is 400 g/mol. The number of H-pyrrole nitrogens is 1. The molecule has 0 spiro atoms. The van der Waals surface area contributed by atoms with Crippen LogP contribution in [-0.4, -0.2) is 42.1 Å². The topological polar surface area (TPSA) is 70.2 Å². The van der Waals surface area contributed by atoms with Gasteiger partial charge in [-0.15, -0.1) is 0 Å². The lowest BCUT2D eigenvalue weighted by molar-refractivity contribution is 0.0931. The summed E-state index contributed by atoms with van der Waals surface area (Å²) < 4.78 is 30.8. The first-order chi connectivity index (χ1) is 14.0. The number of aromatic nitrogens is 2. The third-order valence-electron chi connectivity index (χ3n) is 5.24. The maximum Gasteiger partial charge on any atom is 0.295 e. The molecule has 0 atom stereocenters. The van der Waals surface area contributed by atoms with Gasteiger partial charge in [-0.2, -0.15) is 0 Å². The highest BCUT2D eigenvalue weighted by Crippen LogP contribution is 2.24. The molecule has 8 heteroatoms. The van der Waals surface area contributed by atoms with Gasteiger partial charge in [0.2, 0.25) is 0 Å². The molecular formula is C21H22F2N4O2. The summed E-state index contributed by atoms with van der Waals surface area (Å²) in [5.41, 5.74) is 2.42. The van der Waals surface area contributed by atoms with Crippen molar-refractivity contribution in [3.8, 4) is 5.75 Å². The van der Waals surface area contributed by atoms with E-state index < -0.39 is 6.43 Å². The number of alkyl halides is 2. The summed E-state index contributed by atoms with van der Waals surface area (Å²) in [5, 5.41) is 3.05. The number of hydrogen-bond donors (Lipinski definition) is 2. The van der Waals surface area contributed by atoms with Gasteiger partial charge in [-0.3, -0.25) is 4.79 Å². The van der Waals surface area contributed by atoms with Crippen molar-refractivity contribution in [1.82, 2.24) is 15.3 Å². The van der Waals surface area contributed by atoms with E-state index in [0.717, 1.165) is 37.4 Å². The van der Waals surface area contributed by atoms with E-state index in [2.05, 4.69) is 20.2 Å². The summed E-state index contributed by atoms with van der Waals surface area (Å²) in [6, 6.07) is 12.8. The Kier molecular flexibility index (Phi) is 5.33. The number of nitrogens with one attached hydrogen (secondary N) is 2. The van der Waals surface area contributed by atoms with Crippen LogP contribution in [0.4, 0.5) is 14.5 Å². The predicted molar refractivity (Wildman–Crippen MR) is 107 cm³/mol.